The van der Waals surface area contributed by atoms with E-state index in [4.69, 9.17) is 16.3 Å². The number of hydrogen-bond acceptors (Lipinski definition) is 6. The van der Waals surface area contributed by atoms with Crippen molar-refractivity contribution in [3.05, 3.63) is 64.2 Å². The Kier molecular flexibility index (Phi) is 9.99. The largest absolute Gasteiger partial charge is 0.491 e. The predicted octanol–water partition coefficient (Wildman–Crippen LogP) is 4.81. The van der Waals surface area contributed by atoms with E-state index in [1.807, 2.05) is 42.5 Å². The third kappa shape index (κ3) is 7.59. The molecule has 1 saturated heterocycles. The molecule has 9 heteroatoms. The lowest BCUT2D eigenvalue weighted by Gasteiger charge is -2.35. The quantitative estimate of drug-likeness (QED) is 0.361. The Labute approximate surface area is 234 Å². The molecular weight excluding hydrogens is 520 g/mol. The van der Waals surface area contributed by atoms with Crippen LogP contribution in [0.4, 0.5) is 0 Å². The molecule has 210 valence electrons. The van der Waals surface area contributed by atoms with Crippen molar-refractivity contribution in [1.82, 2.24) is 9.80 Å². The second-order valence-corrected chi connectivity index (χ2v) is 11.0. The number of aliphatic hydroxyl groups is 1. The summed E-state index contributed by atoms with van der Waals surface area (Å²) in [6.07, 6.45) is 3.69. The van der Waals surface area contributed by atoms with Crippen molar-refractivity contribution in [2.45, 2.75) is 64.6 Å². The number of aliphatic carboxylic acids is 1. The van der Waals surface area contributed by atoms with Gasteiger partial charge in [-0.2, -0.15) is 0 Å². The second kappa shape index (κ2) is 13.4. The molecule has 0 radical (unpaired) electrons. The first kappa shape index (κ1) is 29.1. The molecular formula is C30H37ClN2O6. The third-order valence-electron chi connectivity index (χ3n) is 8.00. The van der Waals surface area contributed by atoms with Gasteiger partial charge in [-0.15, -0.1) is 0 Å². The minimum atomic E-state index is -0.697. The highest BCUT2D eigenvalue weighted by molar-refractivity contribution is 6.30. The number of hydrogen-bond donors (Lipinski definition) is 2. The Morgan fingerprint density at radius 1 is 1.08 bits per heavy atom. The fraction of sp³-hybridized carbons (Fsp3) is 0.500. The number of benzene rings is 2. The van der Waals surface area contributed by atoms with Gasteiger partial charge in [0.2, 0.25) is 11.8 Å². The predicted molar refractivity (Wildman–Crippen MR) is 147 cm³/mol. The summed E-state index contributed by atoms with van der Waals surface area (Å²) in [5, 5.41) is 20.1. The monoisotopic (exact) mass is 556 g/mol. The van der Waals surface area contributed by atoms with E-state index < -0.39 is 5.97 Å². The minimum Gasteiger partial charge on any atom is -0.491 e. The van der Waals surface area contributed by atoms with Gasteiger partial charge in [-0.05, 0) is 73.9 Å². The second-order valence-electron chi connectivity index (χ2n) is 10.6. The third-order valence-corrected chi connectivity index (χ3v) is 8.25. The summed E-state index contributed by atoms with van der Waals surface area (Å²) in [5.41, 5.74) is 2.82. The van der Waals surface area contributed by atoms with Gasteiger partial charge in [-0.1, -0.05) is 29.8 Å². The minimum absolute atomic E-state index is 0.100. The van der Waals surface area contributed by atoms with E-state index in [1.54, 1.807) is 0 Å². The highest BCUT2D eigenvalue weighted by atomic mass is 35.5. The van der Waals surface area contributed by atoms with Gasteiger partial charge in [0.25, 0.3) is 0 Å². The Morgan fingerprint density at radius 3 is 2.36 bits per heavy atom. The van der Waals surface area contributed by atoms with Gasteiger partial charge >= 0.3 is 5.97 Å². The average Bonchev–Trinajstić information content (AvgIpc) is 3.26. The Morgan fingerprint density at radius 2 is 1.74 bits per heavy atom. The van der Waals surface area contributed by atoms with Gasteiger partial charge in [-0.25, -0.2) is 0 Å². The van der Waals surface area contributed by atoms with E-state index in [9.17, 15) is 24.6 Å². The Hall–Kier alpha value is -2.94. The van der Waals surface area contributed by atoms with E-state index in [2.05, 4.69) is 11.8 Å². The van der Waals surface area contributed by atoms with Crippen molar-refractivity contribution >= 4 is 29.4 Å². The van der Waals surface area contributed by atoms with Crippen LogP contribution >= 0.6 is 11.6 Å². The van der Waals surface area contributed by atoms with Gasteiger partial charge in [0.1, 0.15) is 12.4 Å². The number of ether oxygens (including phenoxy) is 1. The first-order valence-electron chi connectivity index (χ1n) is 13.7. The summed E-state index contributed by atoms with van der Waals surface area (Å²) in [6, 6.07) is 13.7. The molecule has 1 unspecified atom stereocenters. The van der Waals surface area contributed by atoms with Crippen molar-refractivity contribution in [3.8, 4) is 5.75 Å². The van der Waals surface area contributed by atoms with Crippen molar-refractivity contribution in [1.29, 1.82) is 0 Å². The van der Waals surface area contributed by atoms with Gasteiger partial charge in [0.15, 0.2) is 0 Å². The average molecular weight is 557 g/mol. The molecule has 0 bridgehead atoms. The number of rotatable bonds is 12. The van der Waals surface area contributed by atoms with E-state index in [1.165, 1.54) is 4.90 Å². The molecule has 2 aromatic carbocycles. The number of carboxylic acid groups (broad SMARTS) is 1. The zero-order valence-electron chi connectivity index (χ0n) is 22.4. The molecule has 8 nitrogen and oxygen atoms in total. The molecule has 1 saturated carbocycles. The maximum atomic E-state index is 11.8. The molecule has 2 aromatic rings. The van der Waals surface area contributed by atoms with Crippen LogP contribution in [0.3, 0.4) is 0 Å². The van der Waals surface area contributed by atoms with Crippen molar-refractivity contribution < 1.29 is 29.3 Å². The molecule has 1 aliphatic heterocycles. The zero-order chi connectivity index (χ0) is 27.9. The van der Waals surface area contributed by atoms with Crippen molar-refractivity contribution in [3.63, 3.8) is 0 Å². The highest BCUT2D eigenvalue weighted by Gasteiger charge is 2.30. The molecule has 1 heterocycles. The lowest BCUT2D eigenvalue weighted by atomic mass is 9.81. The van der Waals surface area contributed by atoms with Gasteiger partial charge in [0.05, 0.1) is 19.1 Å². The molecule has 1 atom stereocenters. The molecule has 2 amide bonds. The SMILES string of the molecule is CC(c1ccc(Cl)cc1)N(Cc1ccc(OCCN2C(=O)CCC2=O)c(CO)c1)C[C@H]1CC[C@H](C(=O)O)CC1. The van der Waals surface area contributed by atoms with E-state index in [-0.39, 0.29) is 56.4 Å². The summed E-state index contributed by atoms with van der Waals surface area (Å²) < 4.78 is 5.85. The first-order valence-corrected chi connectivity index (χ1v) is 14.0. The van der Waals surface area contributed by atoms with Crippen molar-refractivity contribution in [2.24, 2.45) is 11.8 Å². The van der Waals surface area contributed by atoms with E-state index >= 15 is 0 Å². The summed E-state index contributed by atoms with van der Waals surface area (Å²) in [4.78, 5) is 38.7. The van der Waals surface area contributed by atoms with Crippen LogP contribution < -0.4 is 4.74 Å². The fourth-order valence-electron chi connectivity index (χ4n) is 5.58. The van der Waals surface area contributed by atoms with Gasteiger partial charge < -0.3 is 14.9 Å². The first-order chi connectivity index (χ1) is 18.7. The zero-order valence-corrected chi connectivity index (χ0v) is 23.1. The number of imide groups is 1. The number of nitrogens with zero attached hydrogens (tertiary/aromatic N) is 2. The van der Waals surface area contributed by atoms with Crippen LogP contribution in [0, 0.1) is 11.8 Å². The number of carbonyl (C=O) groups is 3. The normalized spacial score (nSPS) is 20.5. The smallest absolute Gasteiger partial charge is 0.306 e. The van der Waals surface area contributed by atoms with Crippen LogP contribution in [0.1, 0.15) is 68.2 Å². The Bertz CT molecular complexity index is 1150. The molecule has 2 fully saturated rings. The van der Waals surface area contributed by atoms with E-state index in [0.717, 1.165) is 30.5 Å². The van der Waals surface area contributed by atoms with Crippen LogP contribution in [0.15, 0.2) is 42.5 Å². The maximum Gasteiger partial charge on any atom is 0.306 e. The van der Waals surface area contributed by atoms with Crippen LogP contribution in [0.25, 0.3) is 0 Å². The van der Waals surface area contributed by atoms with Crippen molar-refractivity contribution in [2.75, 3.05) is 19.7 Å². The van der Waals surface area contributed by atoms with Crippen LogP contribution in [-0.4, -0.2) is 57.5 Å². The number of carboxylic acids is 1. The lowest BCUT2D eigenvalue weighted by Crippen LogP contribution is -2.34. The van der Waals surface area contributed by atoms with Crippen LogP contribution in [0.2, 0.25) is 5.02 Å². The molecule has 1 aliphatic carbocycles. The number of carbonyl (C=O) groups excluding carboxylic acids is 2. The molecule has 0 aromatic heterocycles. The summed E-state index contributed by atoms with van der Waals surface area (Å²) in [5.74, 6) is -0.349. The van der Waals surface area contributed by atoms with Crippen LogP contribution in [-0.2, 0) is 27.5 Å². The van der Waals surface area contributed by atoms with Crippen LogP contribution in [0.5, 0.6) is 5.75 Å². The summed E-state index contributed by atoms with van der Waals surface area (Å²) >= 11 is 6.12. The molecule has 2 N–H and O–H groups in total. The van der Waals surface area contributed by atoms with Gasteiger partial charge in [-0.3, -0.25) is 24.2 Å². The molecule has 0 spiro atoms. The molecule has 2 aliphatic rings. The maximum absolute atomic E-state index is 11.8. The molecule has 39 heavy (non-hydrogen) atoms. The fourth-order valence-corrected chi connectivity index (χ4v) is 5.71. The number of aliphatic hydroxyl groups excluding tert-OH is 1. The number of amides is 2. The summed E-state index contributed by atoms with van der Waals surface area (Å²) in [6.45, 7) is 3.81. The summed E-state index contributed by atoms with van der Waals surface area (Å²) in [7, 11) is 0. The Balaban J connectivity index is 1.45. The number of likely N-dealkylation sites (tertiary alicyclic amines) is 1. The standard InChI is InChI=1S/C30H37ClN2O6/c1-20(23-7-9-26(31)10-8-23)32(17-21-2-5-24(6-3-21)30(37)38)18-22-4-11-27(25(16-22)19-34)39-15-14-33-28(35)12-13-29(33)36/h4,7-11,16,20-21,24,34H,2-3,5-6,12-15,17-19H2,1H3,(H,37,38)/t20?,21-,24-. The lowest BCUT2D eigenvalue weighted by molar-refractivity contribution is -0.143. The topological polar surface area (TPSA) is 107 Å². The highest BCUT2D eigenvalue weighted by Crippen LogP contribution is 2.33. The van der Waals surface area contributed by atoms with E-state index in [0.29, 0.717) is 41.6 Å². The van der Waals surface area contributed by atoms with Gasteiger partial charge in [0, 0.05) is 42.6 Å². The molecule has 4 rings (SSSR count). The number of halogens is 1.